The van der Waals surface area contributed by atoms with Crippen LogP contribution in [0, 0.1) is 4.77 Å². The Balaban J connectivity index is 1.78. The zero-order chi connectivity index (χ0) is 16.4. The van der Waals surface area contributed by atoms with E-state index in [0.29, 0.717) is 23.9 Å². The zero-order valence-corrected chi connectivity index (χ0v) is 14.3. The molecule has 7 heteroatoms. The summed E-state index contributed by atoms with van der Waals surface area (Å²) in [5, 5.41) is 13.7. The molecular weight excluding hydrogens is 312 g/mol. The van der Waals surface area contributed by atoms with Gasteiger partial charge in [-0.2, -0.15) is 5.10 Å². The number of nitrogens with zero attached hydrogens (tertiary/aromatic N) is 4. The van der Waals surface area contributed by atoms with Crippen LogP contribution in [0.15, 0.2) is 30.3 Å². The lowest BCUT2D eigenvalue weighted by atomic mass is 9.94. The molecule has 1 unspecified atom stereocenters. The molecule has 1 aromatic heterocycles. The molecule has 1 saturated heterocycles. The van der Waals surface area contributed by atoms with E-state index in [-0.39, 0.29) is 12.2 Å². The Morgan fingerprint density at radius 3 is 2.74 bits per heavy atom. The molecule has 2 aromatic rings. The molecule has 0 aliphatic carbocycles. The Morgan fingerprint density at radius 1 is 1.35 bits per heavy atom. The number of aliphatic hydroxyl groups excluding tert-OH is 1. The fraction of sp³-hybridized carbons (Fsp3) is 0.500. The molecule has 0 bridgehead atoms. The van der Waals surface area contributed by atoms with Gasteiger partial charge >= 0.3 is 0 Å². The number of hydrogen-bond donors (Lipinski definition) is 1. The molecule has 1 N–H and O–H groups in total. The monoisotopic (exact) mass is 334 g/mol. The molecule has 1 aliphatic heterocycles. The Kier molecular flexibility index (Phi) is 4.63. The van der Waals surface area contributed by atoms with Gasteiger partial charge in [-0.05, 0) is 24.7 Å². The van der Waals surface area contributed by atoms with Crippen LogP contribution in [0.3, 0.4) is 0 Å². The maximum Gasteiger partial charge on any atom is 0.198 e. The van der Waals surface area contributed by atoms with E-state index in [0.717, 1.165) is 13.1 Å². The second-order valence-electron chi connectivity index (χ2n) is 6.05. The summed E-state index contributed by atoms with van der Waals surface area (Å²) < 4.78 is 10.2. The van der Waals surface area contributed by atoms with Gasteiger partial charge in [0.2, 0.25) is 0 Å². The first-order valence-corrected chi connectivity index (χ1v) is 8.10. The summed E-state index contributed by atoms with van der Waals surface area (Å²) in [6.45, 7) is 4.86. The van der Waals surface area contributed by atoms with Crippen molar-refractivity contribution in [2.45, 2.75) is 25.8 Å². The smallest absolute Gasteiger partial charge is 0.198 e. The summed E-state index contributed by atoms with van der Waals surface area (Å²) >= 11 is 5.39. The van der Waals surface area contributed by atoms with Crippen LogP contribution in [0.1, 0.15) is 18.3 Å². The first-order chi connectivity index (χ1) is 11.0. The Labute approximate surface area is 140 Å². The topological polar surface area (TPSA) is 55.5 Å². The lowest BCUT2D eigenvalue weighted by Gasteiger charge is -2.40. The standard InChI is InChI=1S/C16H22N4O2S/c1-16(13-6-4-3-5-7-13)11-19(8-9-22-16)12-20-15(23)18(2)14(10-21)17-20/h3-7,21H,8-12H2,1-2H3. The zero-order valence-electron chi connectivity index (χ0n) is 13.5. The lowest BCUT2D eigenvalue weighted by molar-refractivity contribution is -0.111. The van der Waals surface area contributed by atoms with Crippen LogP contribution in [-0.4, -0.2) is 44.1 Å². The third-order valence-electron chi connectivity index (χ3n) is 4.34. The quantitative estimate of drug-likeness (QED) is 0.862. The van der Waals surface area contributed by atoms with Gasteiger partial charge in [0.05, 0.1) is 13.3 Å². The van der Waals surface area contributed by atoms with Gasteiger partial charge in [-0.25, -0.2) is 4.68 Å². The number of hydrogen-bond acceptors (Lipinski definition) is 5. The molecular formula is C16H22N4O2S. The van der Waals surface area contributed by atoms with Crippen LogP contribution >= 0.6 is 12.2 Å². The van der Waals surface area contributed by atoms with Crippen molar-refractivity contribution < 1.29 is 9.84 Å². The van der Waals surface area contributed by atoms with Crippen LogP contribution in [-0.2, 0) is 30.7 Å². The van der Waals surface area contributed by atoms with Gasteiger partial charge in [0.25, 0.3) is 0 Å². The van der Waals surface area contributed by atoms with Crippen molar-refractivity contribution >= 4 is 12.2 Å². The van der Waals surface area contributed by atoms with E-state index in [1.165, 1.54) is 5.56 Å². The maximum absolute atomic E-state index is 9.32. The summed E-state index contributed by atoms with van der Waals surface area (Å²) in [6, 6.07) is 10.3. The van der Waals surface area contributed by atoms with Crippen LogP contribution in [0.25, 0.3) is 0 Å². The van der Waals surface area contributed by atoms with Gasteiger partial charge in [0.15, 0.2) is 10.6 Å². The van der Waals surface area contributed by atoms with Crippen LogP contribution in [0.2, 0.25) is 0 Å². The largest absolute Gasteiger partial charge is 0.388 e. The highest BCUT2D eigenvalue weighted by molar-refractivity contribution is 7.71. The minimum absolute atomic E-state index is 0.113. The molecule has 0 amide bonds. The highest BCUT2D eigenvalue weighted by atomic mass is 32.1. The number of benzene rings is 1. The molecule has 1 atom stereocenters. The van der Waals surface area contributed by atoms with Crippen molar-refractivity contribution in [3.63, 3.8) is 0 Å². The predicted molar refractivity (Wildman–Crippen MR) is 89.3 cm³/mol. The first kappa shape index (κ1) is 16.3. The predicted octanol–water partition coefficient (Wildman–Crippen LogP) is 1.65. The molecule has 1 aliphatic rings. The number of rotatable bonds is 4. The summed E-state index contributed by atoms with van der Waals surface area (Å²) in [5.74, 6) is 0.578. The highest BCUT2D eigenvalue weighted by Crippen LogP contribution is 2.29. The molecule has 23 heavy (non-hydrogen) atoms. The van der Waals surface area contributed by atoms with Crippen molar-refractivity contribution in [3.05, 3.63) is 46.5 Å². The Hall–Kier alpha value is -1.54. The van der Waals surface area contributed by atoms with Crippen molar-refractivity contribution in [3.8, 4) is 0 Å². The van der Waals surface area contributed by atoms with Gasteiger partial charge in [-0.3, -0.25) is 4.90 Å². The minimum atomic E-state index is -0.337. The highest BCUT2D eigenvalue weighted by Gasteiger charge is 2.34. The molecule has 0 radical (unpaired) electrons. The molecule has 124 valence electrons. The first-order valence-electron chi connectivity index (χ1n) is 7.69. The number of ether oxygens (including phenoxy) is 1. The average molecular weight is 334 g/mol. The number of aromatic nitrogens is 3. The van der Waals surface area contributed by atoms with E-state index < -0.39 is 0 Å². The van der Waals surface area contributed by atoms with E-state index in [1.807, 2.05) is 25.2 Å². The molecule has 1 aromatic carbocycles. The Morgan fingerprint density at radius 2 is 2.09 bits per heavy atom. The molecule has 6 nitrogen and oxygen atoms in total. The lowest BCUT2D eigenvalue weighted by Crippen LogP contribution is -2.48. The van der Waals surface area contributed by atoms with E-state index in [9.17, 15) is 5.11 Å². The summed E-state index contributed by atoms with van der Waals surface area (Å²) in [5.41, 5.74) is 0.835. The molecule has 0 saturated carbocycles. The summed E-state index contributed by atoms with van der Waals surface area (Å²) in [4.78, 5) is 2.28. The van der Waals surface area contributed by atoms with Crippen molar-refractivity contribution in [1.82, 2.24) is 19.2 Å². The average Bonchev–Trinajstić information content (AvgIpc) is 2.84. The van der Waals surface area contributed by atoms with Crippen LogP contribution in [0.5, 0.6) is 0 Å². The Bertz CT molecular complexity index is 727. The van der Waals surface area contributed by atoms with Gasteiger partial charge in [0.1, 0.15) is 12.2 Å². The maximum atomic E-state index is 9.32. The van der Waals surface area contributed by atoms with Gasteiger partial charge in [-0.1, -0.05) is 30.3 Å². The van der Waals surface area contributed by atoms with Crippen LogP contribution in [0.4, 0.5) is 0 Å². The minimum Gasteiger partial charge on any atom is -0.388 e. The second-order valence-corrected chi connectivity index (χ2v) is 6.42. The SMILES string of the molecule is Cn1c(CO)nn(CN2CCOC(C)(c3ccccc3)C2)c1=S. The van der Waals surface area contributed by atoms with Gasteiger partial charge in [-0.15, -0.1) is 0 Å². The van der Waals surface area contributed by atoms with E-state index >= 15 is 0 Å². The fourth-order valence-corrected chi connectivity index (χ4v) is 3.19. The normalized spacial score (nSPS) is 22.4. The third kappa shape index (κ3) is 3.23. The number of aliphatic hydroxyl groups is 1. The van der Waals surface area contributed by atoms with Crippen molar-refractivity contribution in [2.75, 3.05) is 19.7 Å². The molecule has 1 fully saturated rings. The second kappa shape index (κ2) is 6.52. The number of morpholine rings is 1. The van der Waals surface area contributed by atoms with Crippen LogP contribution < -0.4 is 0 Å². The van der Waals surface area contributed by atoms with Gasteiger partial charge in [0, 0.05) is 20.1 Å². The van der Waals surface area contributed by atoms with Gasteiger partial charge < -0.3 is 14.4 Å². The van der Waals surface area contributed by atoms with Crippen molar-refractivity contribution in [1.29, 1.82) is 0 Å². The summed E-state index contributed by atoms with van der Waals surface area (Å²) in [6.07, 6.45) is 0. The van der Waals surface area contributed by atoms with E-state index in [1.54, 1.807) is 9.25 Å². The third-order valence-corrected chi connectivity index (χ3v) is 4.83. The molecule has 3 rings (SSSR count). The van der Waals surface area contributed by atoms with E-state index in [4.69, 9.17) is 17.0 Å². The van der Waals surface area contributed by atoms with E-state index in [2.05, 4.69) is 29.1 Å². The summed E-state index contributed by atoms with van der Waals surface area (Å²) in [7, 11) is 1.82. The molecule has 2 heterocycles. The van der Waals surface area contributed by atoms with Crippen molar-refractivity contribution in [2.24, 2.45) is 7.05 Å². The molecule has 0 spiro atoms. The fourth-order valence-electron chi connectivity index (χ4n) is 2.99.